The average molecular weight is 288 g/mol. The lowest BCUT2D eigenvalue weighted by Crippen LogP contribution is -2.46. The Labute approximate surface area is 121 Å². The van der Waals surface area contributed by atoms with Crippen LogP contribution in [0.3, 0.4) is 0 Å². The molecule has 20 heavy (non-hydrogen) atoms. The minimum absolute atomic E-state index is 0.0561. The van der Waals surface area contributed by atoms with Crippen LogP contribution in [0.4, 0.5) is 4.79 Å². The number of ether oxygens (including phenoxy) is 1. The van der Waals surface area contributed by atoms with Crippen molar-refractivity contribution in [1.82, 2.24) is 10.2 Å². The van der Waals surface area contributed by atoms with Crippen LogP contribution in [-0.2, 0) is 9.53 Å². The zero-order valence-electron chi connectivity index (χ0n) is 12.9. The van der Waals surface area contributed by atoms with Crippen LogP contribution >= 0.6 is 0 Å². The molecule has 0 saturated heterocycles. The van der Waals surface area contributed by atoms with Gasteiger partial charge in [-0.3, -0.25) is 4.79 Å². The smallest absolute Gasteiger partial charge is 0.317 e. The molecule has 0 bridgehead atoms. The number of methoxy groups -OCH3 is 1. The van der Waals surface area contributed by atoms with Gasteiger partial charge in [-0.05, 0) is 26.7 Å². The highest BCUT2D eigenvalue weighted by Gasteiger charge is 2.17. The fraction of sp³-hybridized carbons (Fsp3) is 0.857. The Kier molecular flexibility index (Phi) is 10.8. The zero-order valence-corrected chi connectivity index (χ0v) is 12.9. The van der Waals surface area contributed by atoms with E-state index in [-0.39, 0.29) is 18.5 Å². The Balaban J connectivity index is 3.72. The quantitative estimate of drug-likeness (QED) is 0.571. The molecule has 0 aromatic carbocycles. The number of carboxylic acid groups (broad SMARTS) is 1. The van der Waals surface area contributed by atoms with Crippen molar-refractivity contribution in [3.8, 4) is 0 Å². The molecule has 0 aliphatic rings. The van der Waals surface area contributed by atoms with Crippen LogP contribution in [0.25, 0.3) is 0 Å². The summed E-state index contributed by atoms with van der Waals surface area (Å²) in [6, 6.07) is -0.0110. The summed E-state index contributed by atoms with van der Waals surface area (Å²) in [4.78, 5) is 24.0. The average Bonchev–Trinajstić information content (AvgIpc) is 2.38. The van der Waals surface area contributed by atoms with Gasteiger partial charge in [0.05, 0.1) is 12.6 Å². The Morgan fingerprint density at radius 1 is 1.25 bits per heavy atom. The zero-order chi connectivity index (χ0) is 15.4. The number of unbranched alkanes of at least 4 members (excludes halogenated alkanes) is 3. The molecule has 118 valence electrons. The Bertz CT molecular complexity index is 284. The van der Waals surface area contributed by atoms with Gasteiger partial charge in [0.15, 0.2) is 0 Å². The van der Waals surface area contributed by atoms with Crippen LogP contribution < -0.4 is 5.32 Å². The van der Waals surface area contributed by atoms with E-state index in [1.807, 2.05) is 13.8 Å². The molecule has 1 atom stereocenters. The molecule has 0 spiro atoms. The number of hydrogen-bond donors (Lipinski definition) is 2. The fourth-order valence-corrected chi connectivity index (χ4v) is 2.04. The standard InChI is InChI=1S/C14H28N2O4/c1-4-16(12(2)11-20-3)14(19)15-10-8-6-5-7-9-13(17)18/h12H,4-11H2,1-3H3,(H,15,19)(H,17,18). The van der Waals surface area contributed by atoms with Gasteiger partial charge in [0.25, 0.3) is 0 Å². The molecular formula is C14H28N2O4. The summed E-state index contributed by atoms with van der Waals surface area (Å²) in [7, 11) is 1.62. The summed E-state index contributed by atoms with van der Waals surface area (Å²) >= 11 is 0. The topological polar surface area (TPSA) is 78.9 Å². The van der Waals surface area contributed by atoms with Gasteiger partial charge in [-0.15, -0.1) is 0 Å². The van der Waals surface area contributed by atoms with Crippen LogP contribution in [0.2, 0.25) is 0 Å². The van der Waals surface area contributed by atoms with E-state index in [9.17, 15) is 9.59 Å². The number of carboxylic acids is 1. The van der Waals surface area contributed by atoms with Crippen molar-refractivity contribution in [2.45, 2.75) is 52.0 Å². The maximum Gasteiger partial charge on any atom is 0.317 e. The number of likely N-dealkylation sites (N-methyl/N-ethyl adjacent to an activating group) is 1. The highest BCUT2D eigenvalue weighted by atomic mass is 16.5. The van der Waals surface area contributed by atoms with E-state index in [0.717, 1.165) is 19.3 Å². The second kappa shape index (κ2) is 11.5. The number of urea groups is 1. The summed E-state index contributed by atoms with van der Waals surface area (Å²) in [6.07, 6.45) is 3.63. The van der Waals surface area contributed by atoms with Gasteiger partial charge < -0.3 is 20.1 Å². The SMILES string of the molecule is CCN(C(=O)NCCCCCCC(=O)O)C(C)COC. The molecule has 0 rings (SSSR count). The van der Waals surface area contributed by atoms with Gasteiger partial charge in [0, 0.05) is 26.6 Å². The normalized spacial score (nSPS) is 11.9. The third-order valence-electron chi connectivity index (χ3n) is 3.14. The second-order valence-corrected chi connectivity index (χ2v) is 4.88. The molecule has 0 aliphatic heterocycles. The monoisotopic (exact) mass is 288 g/mol. The summed E-state index contributed by atoms with van der Waals surface area (Å²) < 4.78 is 5.06. The minimum atomic E-state index is -0.746. The van der Waals surface area contributed by atoms with E-state index in [4.69, 9.17) is 9.84 Å². The lowest BCUT2D eigenvalue weighted by molar-refractivity contribution is -0.137. The highest BCUT2D eigenvalue weighted by molar-refractivity contribution is 5.74. The fourth-order valence-electron chi connectivity index (χ4n) is 2.04. The molecule has 0 heterocycles. The first-order valence-electron chi connectivity index (χ1n) is 7.28. The molecule has 0 fully saturated rings. The van der Waals surface area contributed by atoms with E-state index in [2.05, 4.69) is 5.32 Å². The van der Waals surface area contributed by atoms with E-state index < -0.39 is 5.97 Å². The number of carbonyl (C=O) groups is 2. The molecule has 0 aromatic heterocycles. The number of rotatable bonds is 11. The van der Waals surface area contributed by atoms with E-state index in [1.165, 1.54) is 0 Å². The minimum Gasteiger partial charge on any atom is -0.481 e. The van der Waals surface area contributed by atoms with Crippen molar-refractivity contribution in [3.05, 3.63) is 0 Å². The van der Waals surface area contributed by atoms with Crippen LogP contribution in [0.15, 0.2) is 0 Å². The van der Waals surface area contributed by atoms with Crippen molar-refractivity contribution < 1.29 is 19.4 Å². The van der Waals surface area contributed by atoms with Gasteiger partial charge >= 0.3 is 12.0 Å². The molecule has 0 saturated carbocycles. The number of amides is 2. The van der Waals surface area contributed by atoms with E-state index in [1.54, 1.807) is 12.0 Å². The van der Waals surface area contributed by atoms with Gasteiger partial charge in [-0.2, -0.15) is 0 Å². The van der Waals surface area contributed by atoms with Crippen LogP contribution in [0.5, 0.6) is 0 Å². The van der Waals surface area contributed by atoms with Crippen molar-refractivity contribution in [3.63, 3.8) is 0 Å². The third-order valence-corrected chi connectivity index (χ3v) is 3.14. The molecular weight excluding hydrogens is 260 g/mol. The summed E-state index contributed by atoms with van der Waals surface area (Å²) in [6.45, 7) is 5.70. The molecule has 0 radical (unpaired) electrons. The number of nitrogens with one attached hydrogen (secondary N) is 1. The van der Waals surface area contributed by atoms with Crippen molar-refractivity contribution >= 4 is 12.0 Å². The molecule has 0 aromatic rings. The maximum absolute atomic E-state index is 12.0. The van der Waals surface area contributed by atoms with Gasteiger partial charge in [0.2, 0.25) is 0 Å². The molecule has 0 aliphatic carbocycles. The van der Waals surface area contributed by atoms with Gasteiger partial charge in [-0.1, -0.05) is 12.8 Å². The first kappa shape index (κ1) is 18.7. The van der Waals surface area contributed by atoms with Crippen LogP contribution in [-0.4, -0.2) is 54.9 Å². The summed E-state index contributed by atoms with van der Waals surface area (Å²) in [5.74, 6) is -0.746. The lowest BCUT2D eigenvalue weighted by atomic mass is 10.1. The maximum atomic E-state index is 12.0. The predicted molar refractivity (Wildman–Crippen MR) is 77.8 cm³/mol. The van der Waals surface area contributed by atoms with E-state index >= 15 is 0 Å². The number of nitrogens with zero attached hydrogens (tertiary/aromatic N) is 1. The first-order chi connectivity index (χ1) is 9.52. The number of hydrogen-bond acceptors (Lipinski definition) is 3. The Morgan fingerprint density at radius 3 is 2.45 bits per heavy atom. The molecule has 2 amide bonds. The van der Waals surface area contributed by atoms with Crippen molar-refractivity contribution in [2.24, 2.45) is 0 Å². The van der Waals surface area contributed by atoms with Gasteiger partial charge in [-0.25, -0.2) is 4.79 Å². The highest BCUT2D eigenvalue weighted by Crippen LogP contribution is 2.03. The predicted octanol–water partition coefficient (Wildman–Crippen LogP) is 2.09. The molecule has 2 N–H and O–H groups in total. The summed E-state index contributed by atoms with van der Waals surface area (Å²) in [5.41, 5.74) is 0. The third kappa shape index (κ3) is 8.74. The first-order valence-corrected chi connectivity index (χ1v) is 7.28. The van der Waals surface area contributed by atoms with Gasteiger partial charge in [0.1, 0.15) is 0 Å². The van der Waals surface area contributed by atoms with Crippen LogP contribution in [0.1, 0.15) is 46.0 Å². The van der Waals surface area contributed by atoms with Crippen molar-refractivity contribution in [2.75, 3.05) is 26.8 Å². The Morgan fingerprint density at radius 2 is 1.90 bits per heavy atom. The lowest BCUT2D eigenvalue weighted by Gasteiger charge is -2.27. The van der Waals surface area contributed by atoms with E-state index in [0.29, 0.717) is 26.1 Å². The van der Waals surface area contributed by atoms with Crippen molar-refractivity contribution in [1.29, 1.82) is 0 Å². The molecule has 1 unspecified atom stereocenters. The summed E-state index contributed by atoms with van der Waals surface area (Å²) in [5, 5.41) is 11.4. The molecule has 6 nitrogen and oxygen atoms in total. The Hall–Kier alpha value is -1.30. The number of carbonyl (C=O) groups excluding carboxylic acids is 1. The second-order valence-electron chi connectivity index (χ2n) is 4.88. The largest absolute Gasteiger partial charge is 0.481 e. The van der Waals surface area contributed by atoms with Crippen LogP contribution in [0, 0.1) is 0 Å². The molecule has 6 heteroatoms. The number of aliphatic carboxylic acids is 1.